The van der Waals surface area contributed by atoms with Gasteiger partial charge in [-0.2, -0.15) is 0 Å². The lowest BCUT2D eigenvalue weighted by Crippen LogP contribution is -2.39. The Morgan fingerprint density at radius 1 is 1.47 bits per heavy atom. The highest BCUT2D eigenvalue weighted by Crippen LogP contribution is 2.12. The van der Waals surface area contributed by atoms with Gasteiger partial charge in [0.15, 0.2) is 0 Å². The number of piperidine rings is 1. The van der Waals surface area contributed by atoms with E-state index < -0.39 is 0 Å². The monoisotopic (exact) mass is 242 g/mol. The van der Waals surface area contributed by atoms with E-state index in [-0.39, 0.29) is 11.6 Å². The summed E-state index contributed by atoms with van der Waals surface area (Å²) in [5.74, 6) is 0.528. The van der Waals surface area contributed by atoms with Gasteiger partial charge < -0.3 is 10.1 Å². The van der Waals surface area contributed by atoms with Crippen LogP contribution in [0.2, 0.25) is 0 Å². The van der Waals surface area contributed by atoms with Gasteiger partial charge in [-0.3, -0.25) is 9.69 Å². The molecule has 0 aliphatic carbocycles. The van der Waals surface area contributed by atoms with Crippen LogP contribution in [-0.2, 0) is 9.53 Å². The van der Waals surface area contributed by atoms with E-state index >= 15 is 0 Å². The fraction of sp³-hybridized carbons (Fsp3) is 0.923. The van der Waals surface area contributed by atoms with E-state index in [0.717, 1.165) is 19.6 Å². The maximum atomic E-state index is 11.6. The van der Waals surface area contributed by atoms with Crippen LogP contribution in [0.25, 0.3) is 0 Å². The summed E-state index contributed by atoms with van der Waals surface area (Å²) in [6.45, 7) is 9.24. The lowest BCUT2D eigenvalue weighted by Gasteiger charge is -2.28. The van der Waals surface area contributed by atoms with Crippen LogP contribution in [0.15, 0.2) is 0 Å². The van der Waals surface area contributed by atoms with E-state index in [4.69, 9.17) is 4.74 Å². The molecule has 0 amide bonds. The third-order valence-electron chi connectivity index (χ3n) is 2.79. The lowest BCUT2D eigenvalue weighted by molar-refractivity contribution is -0.155. The number of ether oxygens (including phenoxy) is 1. The standard InChI is InChI=1S/C13H26N2O2/c1-13(2,3)17-12(16)10-15(4)9-11-6-5-7-14-8-11/h11,14H,5-10H2,1-4H3. The van der Waals surface area contributed by atoms with E-state index in [2.05, 4.69) is 10.2 Å². The zero-order valence-corrected chi connectivity index (χ0v) is 11.6. The van der Waals surface area contributed by atoms with Gasteiger partial charge in [-0.05, 0) is 59.7 Å². The molecule has 1 fully saturated rings. The molecule has 1 N–H and O–H groups in total. The number of hydrogen-bond acceptors (Lipinski definition) is 4. The molecule has 1 atom stereocenters. The predicted octanol–water partition coefficient (Wildman–Crippen LogP) is 1.26. The third kappa shape index (κ3) is 6.64. The molecule has 1 rings (SSSR count). The topological polar surface area (TPSA) is 41.6 Å². The van der Waals surface area contributed by atoms with Crippen LogP contribution in [0, 0.1) is 5.92 Å². The van der Waals surface area contributed by atoms with Gasteiger partial charge in [-0.25, -0.2) is 0 Å². The van der Waals surface area contributed by atoms with Crippen molar-refractivity contribution >= 4 is 5.97 Å². The SMILES string of the molecule is CN(CC(=O)OC(C)(C)C)CC1CCCNC1. The lowest BCUT2D eigenvalue weighted by atomic mass is 9.99. The van der Waals surface area contributed by atoms with Crippen LogP contribution >= 0.6 is 0 Å². The number of likely N-dealkylation sites (N-methyl/N-ethyl adjacent to an activating group) is 1. The summed E-state index contributed by atoms with van der Waals surface area (Å²) in [4.78, 5) is 13.7. The minimum Gasteiger partial charge on any atom is -0.459 e. The molecule has 4 nitrogen and oxygen atoms in total. The van der Waals surface area contributed by atoms with Crippen molar-refractivity contribution in [1.82, 2.24) is 10.2 Å². The predicted molar refractivity (Wildman–Crippen MR) is 68.9 cm³/mol. The van der Waals surface area contributed by atoms with Gasteiger partial charge in [0.05, 0.1) is 6.54 Å². The average molecular weight is 242 g/mol. The molecule has 0 aromatic heterocycles. The Bertz CT molecular complexity index is 242. The van der Waals surface area contributed by atoms with Gasteiger partial charge in [-0.15, -0.1) is 0 Å². The van der Waals surface area contributed by atoms with E-state index in [0.29, 0.717) is 12.5 Å². The Hall–Kier alpha value is -0.610. The summed E-state index contributed by atoms with van der Waals surface area (Å²) in [5.41, 5.74) is -0.385. The van der Waals surface area contributed by atoms with Crippen molar-refractivity contribution in [3.05, 3.63) is 0 Å². The molecule has 17 heavy (non-hydrogen) atoms. The van der Waals surface area contributed by atoms with Crippen molar-refractivity contribution in [3.63, 3.8) is 0 Å². The second-order valence-electron chi connectivity index (χ2n) is 6.00. The number of carbonyl (C=O) groups excluding carboxylic acids is 1. The van der Waals surface area contributed by atoms with E-state index in [1.807, 2.05) is 27.8 Å². The van der Waals surface area contributed by atoms with Gasteiger partial charge >= 0.3 is 5.97 Å². The highest BCUT2D eigenvalue weighted by molar-refractivity contribution is 5.72. The molecule has 0 bridgehead atoms. The van der Waals surface area contributed by atoms with Gasteiger partial charge in [0.2, 0.25) is 0 Å². The number of hydrogen-bond donors (Lipinski definition) is 1. The number of esters is 1. The van der Waals surface area contributed by atoms with Gasteiger partial charge in [-0.1, -0.05) is 0 Å². The van der Waals surface area contributed by atoms with Crippen molar-refractivity contribution in [2.75, 3.05) is 33.2 Å². The summed E-state index contributed by atoms with van der Waals surface area (Å²) in [5, 5.41) is 3.39. The molecule has 1 aliphatic heterocycles. The Kier molecular flexibility index (Phi) is 5.40. The molecular formula is C13H26N2O2. The first kappa shape index (κ1) is 14.5. The Balaban J connectivity index is 2.23. The highest BCUT2D eigenvalue weighted by Gasteiger charge is 2.20. The van der Waals surface area contributed by atoms with Crippen LogP contribution in [0.4, 0.5) is 0 Å². The second kappa shape index (κ2) is 6.36. The maximum absolute atomic E-state index is 11.6. The molecule has 1 heterocycles. The zero-order valence-electron chi connectivity index (χ0n) is 11.6. The van der Waals surface area contributed by atoms with Crippen LogP contribution in [0.3, 0.4) is 0 Å². The normalized spacial score (nSPS) is 21.6. The zero-order chi connectivity index (χ0) is 12.9. The number of nitrogens with zero attached hydrogens (tertiary/aromatic N) is 1. The van der Waals surface area contributed by atoms with Crippen molar-refractivity contribution in [1.29, 1.82) is 0 Å². The number of rotatable bonds is 4. The molecular weight excluding hydrogens is 216 g/mol. The van der Waals surface area contributed by atoms with Crippen LogP contribution in [0.5, 0.6) is 0 Å². The summed E-state index contributed by atoms with van der Waals surface area (Å²) in [6.07, 6.45) is 2.50. The van der Waals surface area contributed by atoms with Crippen LogP contribution in [0.1, 0.15) is 33.6 Å². The molecule has 0 saturated carbocycles. The van der Waals surface area contributed by atoms with E-state index in [1.165, 1.54) is 12.8 Å². The summed E-state index contributed by atoms with van der Waals surface area (Å²) in [7, 11) is 1.98. The number of carbonyl (C=O) groups is 1. The average Bonchev–Trinajstić information content (AvgIpc) is 2.15. The van der Waals surface area contributed by atoms with Crippen molar-refractivity contribution in [2.24, 2.45) is 5.92 Å². The Labute approximate surface area is 105 Å². The van der Waals surface area contributed by atoms with E-state index in [1.54, 1.807) is 0 Å². The fourth-order valence-electron chi connectivity index (χ4n) is 2.18. The van der Waals surface area contributed by atoms with E-state index in [9.17, 15) is 4.79 Å². The minimum atomic E-state index is -0.385. The van der Waals surface area contributed by atoms with Gasteiger partial charge in [0.25, 0.3) is 0 Å². The van der Waals surface area contributed by atoms with Crippen molar-refractivity contribution in [2.45, 2.75) is 39.2 Å². The third-order valence-corrected chi connectivity index (χ3v) is 2.79. The smallest absolute Gasteiger partial charge is 0.320 e. The molecule has 0 aromatic carbocycles. The van der Waals surface area contributed by atoms with Crippen molar-refractivity contribution < 1.29 is 9.53 Å². The molecule has 0 spiro atoms. The maximum Gasteiger partial charge on any atom is 0.320 e. The largest absolute Gasteiger partial charge is 0.459 e. The first-order chi connectivity index (χ1) is 7.87. The van der Waals surface area contributed by atoms with Crippen LogP contribution in [-0.4, -0.2) is 49.7 Å². The molecule has 1 aliphatic rings. The summed E-state index contributed by atoms with van der Waals surface area (Å²) >= 11 is 0. The second-order valence-corrected chi connectivity index (χ2v) is 6.00. The van der Waals surface area contributed by atoms with Gasteiger partial charge in [0.1, 0.15) is 5.60 Å². The summed E-state index contributed by atoms with van der Waals surface area (Å²) < 4.78 is 5.30. The molecule has 0 aromatic rings. The molecule has 4 heteroatoms. The molecule has 1 unspecified atom stereocenters. The summed E-state index contributed by atoms with van der Waals surface area (Å²) in [6, 6.07) is 0. The van der Waals surface area contributed by atoms with Crippen molar-refractivity contribution in [3.8, 4) is 0 Å². The Morgan fingerprint density at radius 2 is 2.18 bits per heavy atom. The highest BCUT2D eigenvalue weighted by atomic mass is 16.6. The quantitative estimate of drug-likeness (QED) is 0.754. The van der Waals surface area contributed by atoms with Gasteiger partial charge in [0, 0.05) is 6.54 Å². The molecule has 1 saturated heterocycles. The number of nitrogens with one attached hydrogen (secondary N) is 1. The fourth-order valence-corrected chi connectivity index (χ4v) is 2.18. The minimum absolute atomic E-state index is 0.135. The van der Waals surface area contributed by atoms with Crippen LogP contribution < -0.4 is 5.32 Å². The first-order valence-electron chi connectivity index (χ1n) is 6.48. The first-order valence-corrected chi connectivity index (χ1v) is 6.48. The molecule has 0 radical (unpaired) electrons. The Morgan fingerprint density at radius 3 is 2.71 bits per heavy atom. The molecule has 100 valence electrons.